The SMILES string of the molecule is CC(O)CNC(=O)NC1(c2ccccc2F)CC1. The van der Waals surface area contributed by atoms with Gasteiger partial charge in [0.05, 0.1) is 11.6 Å². The zero-order chi connectivity index (χ0) is 13.2. The Kier molecular flexibility index (Phi) is 3.52. The van der Waals surface area contributed by atoms with Gasteiger partial charge >= 0.3 is 6.03 Å². The molecule has 1 saturated carbocycles. The largest absolute Gasteiger partial charge is 0.392 e. The minimum Gasteiger partial charge on any atom is -0.392 e. The highest BCUT2D eigenvalue weighted by atomic mass is 19.1. The lowest BCUT2D eigenvalue weighted by molar-refractivity contribution is 0.186. The molecule has 1 fully saturated rings. The summed E-state index contributed by atoms with van der Waals surface area (Å²) in [7, 11) is 0. The molecule has 3 N–H and O–H groups in total. The van der Waals surface area contributed by atoms with Gasteiger partial charge in [0.2, 0.25) is 0 Å². The van der Waals surface area contributed by atoms with Gasteiger partial charge < -0.3 is 15.7 Å². The van der Waals surface area contributed by atoms with E-state index in [9.17, 15) is 9.18 Å². The van der Waals surface area contributed by atoms with E-state index in [2.05, 4.69) is 10.6 Å². The number of carbonyl (C=O) groups is 1. The maximum atomic E-state index is 13.7. The number of hydrogen-bond donors (Lipinski definition) is 3. The summed E-state index contributed by atoms with van der Waals surface area (Å²) in [6.45, 7) is 1.77. The molecule has 98 valence electrons. The molecule has 0 bridgehead atoms. The zero-order valence-corrected chi connectivity index (χ0v) is 10.2. The predicted octanol–water partition coefficient (Wildman–Crippen LogP) is 1.49. The van der Waals surface area contributed by atoms with Crippen LogP contribution in [-0.2, 0) is 5.54 Å². The first kappa shape index (κ1) is 12.8. The van der Waals surface area contributed by atoms with E-state index < -0.39 is 11.6 Å². The van der Waals surface area contributed by atoms with Gasteiger partial charge in [0, 0.05) is 12.1 Å². The maximum Gasteiger partial charge on any atom is 0.315 e. The molecule has 1 unspecified atom stereocenters. The lowest BCUT2D eigenvalue weighted by Crippen LogP contribution is -2.44. The van der Waals surface area contributed by atoms with Crippen LogP contribution < -0.4 is 10.6 Å². The third-order valence-electron chi connectivity index (χ3n) is 3.05. The molecule has 0 saturated heterocycles. The van der Waals surface area contributed by atoms with E-state index >= 15 is 0 Å². The lowest BCUT2D eigenvalue weighted by Gasteiger charge is -2.19. The van der Waals surface area contributed by atoms with Crippen molar-refractivity contribution in [3.05, 3.63) is 35.6 Å². The molecule has 0 aromatic heterocycles. The highest BCUT2D eigenvalue weighted by Gasteiger charge is 2.47. The number of amides is 2. The molecule has 1 aliphatic rings. The summed E-state index contributed by atoms with van der Waals surface area (Å²) >= 11 is 0. The van der Waals surface area contributed by atoms with Crippen LogP contribution in [0.2, 0.25) is 0 Å². The van der Waals surface area contributed by atoms with Crippen molar-refractivity contribution in [2.45, 2.75) is 31.4 Å². The van der Waals surface area contributed by atoms with E-state index in [4.69, 9.17) is 5.11 Å². The predicted molar refractivity (Wildman–Crippen MR) is 65.5 cm³/mol. The molecule has 0 radical (unpaired) electrons. The highest BCUT2D eigenvalue weighted by molar-refractivity contribution is 5.75. The zero-order valence-electron chi connectivity index (χ0n) is 10.2. The van der Waals surface area contributed by atoms with Crippen LogP contribution in [0.4, 0.5) is 9.18 Å². The molecule has 18 heavy (non-hydrogen) atoms. The van der Waals surface area contributed by atoms with E-state index in [1.54, 1.807) is 25.1 Å². The summed E-state index contributed by atoms with van der Waals surface area (Å²) in [6, 6.07) is 6.09. The van der Waals surface area contributed by atoms with E-state index in [0.717, 1.165) is 12.8 Å². The molecule has 0 heterocycles. The number of carbonyl (C=O) groups excluding carboxylic acids is 1. The molecule has 0 aliphatic heterocycles. The average molecular weight is 252 g/mol. The Bertz CT molecular complexity index is 444. The van der Waals surface area contributed by atoms with Gasteiger partial charge in [0.15, 0.2) is 0 Å². The normalized spacial score (nSPS) is 17.9. The van der Waals surface area contributed by atoms with Gasteiger partial charge in [-0.15, -0.1) is 0 Å². The summed E-state index contributed by atoms with van der Waals surface area (Å²) in [6.07, 6.45) is 0.867. The Morgan fingerprint density at radius 3 is 2.72 bits per heavy atom. The fourth-order valence-corrected chi connectivity index (χ4v) is 1.94. The van der Waals surface area contributed by atoms with Crippen LogP contribution in [0, 0.1) is 5.82 Å². The van der Waals surface area contributed by atoms with Gasteiger partial charge in [-0.25, -0.2) is 9.18 Å². The molecular weight excluding hydrogens is 235 g/mol. The molecule has 4 nitrogen and oxygen atoms in total. The summed E-state index contributed by atoms with van der Waals surface area (Å²) < 4.78 is 13.7. The highest BCUT2D eigenvalue weighted by Crippen LogP contribution is 2.46. The molecular formula is C13H17FN2O2. The van der Waals surface area contributed by atoms with Crippen molar-refractivity contribution in [3.8, 4) is 0 Å². The second kappa shape index (κ2) is 4.94. The standard InChI is InChI=1S/C13H17FN2O2/c1-9(17)8-15-12(18)16-13(6-7-13)10-4-2-3-5-11(10)14/h2-5,9,17H,6-8H2,1H3,(H2,15,16,18). The number of halogens is 1. The Balaban J connectivity index is 2.01. The van der Waals surface area contributed by atoms with Gasteiger partial charge in [-0.05, 0) is 25.8 Å². The Morgan fingerprint density at radius 2 is 2.17 bits per heavy atom. The molecule has 1 aliphatic carbocycles. The molecule has 2 rings (SSSR count). The van der Waals surface area contributed by atoms with Crippen LogP contribution in [0.25, 0.3) is 0 Å². The van der Waals surface area contributed by atoms with Gasteiger partial charge in [0.25, 0.3) is 0 Å². The fourth-order valence-electron chi connectivity index (χ4n) is 1.94. The second-order valence-corrected chi connectivity index (χ2v) is 4.75. The molecule has 5 heteroatoms. The van der Waals surface area contributed by atoms with Crippen molar-refractivity contribution in [2.24, 2.45) is 0 Å². The summed E-state index contributed by atoms with van der Waals surface area (Å²) in [5.74, 6) is -0.300. The van der Waals surface area contributed by atoms with Crippen molar-refractivity contribution in [1.29, 1.82) is 0 Å². The monoisotopic (exact) mass is 252 g/mol. The molecule has 1 aromatic rings. The van der Waals surface area contributed by atoms with Crippen LogP contribution in [-0.4, -0.2) is 23.8 Å². The van der Waals surface area contributed by atoms with E-state index in [0.29, 0.717) is 5.56 Å². The van der Waals surface area contributed by atoms with E-state index in [-0.39, 0.29) is 18.4 Å². The van der Waals surface area contributed by atoms with Crippen LogP contribution in [0.15, 0.2) is 24.3 Å². The van der Waals surface area contributed by atoms with Crippen LogP contribution >= 0.6 is 0 Å². The van der Waals surface area contributed by atoms with Crippen LogP contribution in [0.3, 0.4) is 0 Å². The number of urea groups is 1. The molecule has 2 amide bonds. The maximum absolute atomic E-state index is 13.7. The number of hydrogen-bond acceptors (Lipinski definition) is 2. The summed E-state index contributed by atoms with van der Waals surface area (Å²) in [4.78, 5) is 11.6. The summed E-state index contributed by atoms with van der Waals surface area (Å²) in [5.41, 5.74) is -0.0501. The Morgan fingerprint density at radius 1 is 1.50 bits per heavy atom. The third-order valence-corrected chi connectivity index (χ3v) is 3.05. The number of aliphatic hydroxyl groups excluding tert-OH is 1. The first-order chi connectivity index (χ1) is 8.53. The van der Waals surface area contributed by atoms with Crippen molar-refractivity contribution in [1.82, 2.24) is 10.6 Å². The number of nitrogens with one attached hydrogen (secondary N) is 2. The minimum absolute atomic E-state index is 0.180. The average Bonchev–Trinajstić information content (AvgIpc) is 3.08. The van der Waals surface area contributed by atoms with Crippen LogP contribution in [0.5, 0.6) is 0 Å². The third kappa shape index (κ3) is 2.79. The minimum atomic E-state index is -0.598. The number of benzene rings is 1. The van der Waals surface area contributed by atoms with Gasteiger partial charge in [-0.1, -0.05) is 18.2 Å². The van der Waals surface area contributed by atoms with Crippen molar-refractivity contribution in [2.75, 3.05) is 6.54 Å². The first-order valence-electron chi connectivity index (χ1n) is 6.02. The number of rotatable bonds is 4. The van der Waals surface area contributed by atoms with E-state index in [1.807, 2.05) is 0 Å². The Hall–Kier alpha value is -1.62. The molecule has 1 atom stereocenters. The lowest BCUT2D eigenvalue weighted by atomic mass is 10.0. The first-order valence-corrected chi connectivity index (χ1v) is 6.02. The summed E-state index contributed by atoms with van der Waals surface area (Å²) in [5, 5.41) is 14.4. The van der Waals surface area contributed by atoms with Gasteiger partial charge in [0.1, 0.15) is 5.82 Å². The van der Waals surface area contributed by atoms with Gasteiger partial charge in [-0.2, -0.15) is 0 Å². The van der Waals surface area contributed by atoms with Gasteiger partial charge in [-0.3, -0.25) is 0 Å². The quantitative estimate of drug-likeness (QED) is 0.760. The number of aliphatic hydroxyl groups is 1. The van der Waals surface area contributed by atoms with E-state index in [1.165, 1.54) is 6.07 Å². The fraction of sp³-hybridized carbons (Fsp3) is 0.462. The topological polar surface area (TPSA) is 61.4 Å². The van der Waals surface area contributed by atoms with Crippen molar-refractivity contribution in [3.63, 3.8) is 0 Å². The Labute approximate surface area is 105 Å². The smallest absolute Gasteiger partial charge is 0.315 e. The van der Waals surface area contributed by atoms with Crippen molar-refractivity contribution >= 4 is 6.03 Å². The molecule has 1 aromatic carbocycles. The second-order valence-electron chi connectivity index (χ2n) is 4.75. The van der Waals surface area contributed by atoms with Crippen molar-refractivity contribution < 1.29 is 14.3 Å². The van der Waals surface area contributed by atoms with Crippen LogP contribution in [0.1, 0.15) is 25.3 Å². The molecule has 0 spiro atoms.